The molecule has 4 aromatic rings. The van der Waals surface area contributed by atoms with Gasteiger partial charge >= 0.3 is 0 Å². The monoisotopic (exact) mass is 674 g/mol. The molecule has 7 nitrogen and oxygen atoms in total. The highest BCUT2D eigenvalue weighted by atomic mass is 32.1. The van der Waals surface area contributed by atoms with Gasteiger partial charge in [-0.15, -0.1) is 25.3 Å². The Balaban J connectivity index is 1.49. The average molecular weight is 675 g/mol. The molecule has 9 heteroatoms. The van der Waals surface area contributed by atoms with E-state index in [0.717, 1.165) is 77.3 Å². The van der Waals surface area contributed by atoms with Crippen molar-refractivity contribution in [3.8, 4) is 23.0 Å². The third-order valence-corrected chi connectivity index (χ3v) is 9.47. The van der Waals surface area contributed by atoms with Gasteiger partial charge < -0.3 is 33.2 Å². The van der Waals surface area contributed by atoms with Crippen LogP contribution in [0.15, 0.2) is 70.5 Å². The Morgan fingerprint density at radius 2 is 0.723 bits per heavy atom. The van der Waals surface area contributed by atoms with Crippen LogP contribution in [0.3, 0.4) is 0 Å². The molecule has 6 rings (SSSR count). The first kappa shape index (κ1) is 33.6. The molecule has 1 aliphatic carbocycles. The second-order valence-corrected chi connectivity index (χ2v) is 12.7. The number of benzene rings is 4. The summed E-state index contributed by atoms with van der Waals surface area (Å²) in [5.74, 6) is 3.19. The predicted molar refractivity (Wildman–Crippen MR) is 188 cm³/mol. The number of rotatable bonds is 2. The zero-order chi connectivity index (χ0) is 32.6. The van der Waals surface area contributed by atoms with Gasteiger partial charge in [0.1, 0.15) is 36.2 Å². The molecule has 2 aliphatic rings. The molecule has 248 valence electrons. The summed E-state index contributed by atoms with van der Waals surface area (Å²) in [6.07, 6.45) is 2.64. The molecule has 0 saturated carbocycles. The molecule has 0 amide bonds. The van der Waals surface area contributed by atoms with E-state index in [1.54, 1.807) is 14.2 Å². The number of ether oxygens (including phenoxy) is 7. The van der Waals surface area contributed by atoms with Gasteiger partial charge in [-0.2, -0.15) is 0 Å². The zero-order valence-corrected chi connectivity index (χ0v) is 28.8. The van der Waals surface area contributed by atoms with Gasteiger partial charge in [0.15, 0.2) is 0 Å². The normalized spacial score (nSPS) is 16.0. The zero-order valence-electron chi connectivity index (χ0n) is 27.0. The van der Waals surface area contributed by atoms with E-state index in [4.69, 9.17) is 58.4 Å². The molecule has 0 aromatic heterocycles. The van der Waals surface area contributed by atoms with Crippen LogP contribution in [0.2, 0.25) is 0 Å². The lowest BCUT2D eigenvalue weighted by molar-refractivity contribution is 0.00498. The van der Waals surface area contributed by atoms with Gasteiger partial charge in [0.05, 0.1) is 53.9 Å². The molecule has 1 aliphatic heterocycles. The molecule has 0 unspecified atom stereocenters. The summed E-state index contributed by atoms with van der Waals surface area (Å²) >= 11 is 10.2. The third kappa shape index (κ3) is 8.97. The highest BCUT2D eigenvalue weighted by Gasteiger charge is 2.17. The minimum absolute atomic E-state index is 0.425. The van der Waals surface area contributed by atoms with Crippen molar-refractivity contribution in [2.45, 2.75) is 35.5 Å². The maximum atomic E-state index is 6.25. The fourth-order valence-electron chi connectivity index (χ4n) is 6.12. The van der Waals surface area contributed by atoms with Crippen molar-refractivity contribution in [3.63, 3.8) is 0 Å². The number of fused-ring (bicyclic) bond motifs is 6. The Hall–Kier alpha value is -3.34. The topological polar surface area (TPSA) is 64.6 Å². The second-order valence-electron chi connectivity index (χ2n) is 11.8. The lowest BCUT2D eigenvalue weighted by Crippen LogP contribution is -2.14. The van der Waals surface area contributed by atoms with Crippen LogP contribution in [0, 0.1) is 0 Å². The van der Waals surface area contributed by atoms with E-state index >= 15 is 0 Å². The van der Waals surface area contributed by atoms with Crippen LogP contribution in [0.25, 0.3) is 0 Å². The van der Waals surface area contributed by atoms with Gasteiger partial charge in [0.25, 0.3) is 0 Å². The van der Waals surface area contributed by atoms with Gasteiger partial charge in [-0.3, -0.25) is 0 Å². The number of hydrogen-bond acceptors (Lipinski definition) is 9. The Morgan fingerprint density at radius 1 is 0.426 bits per heavy atom. The quantitative estimate of drug-likeness (QED) is 0.200. The summed E-state index contributed by atoms with van der Waals surface area (Å²) in [7, 11) is 3.41. The van der Waals surface area contributed by atoms with Crippen LogP contribution in [0.1, 0.15) is 44.5 Å². The van der Waals surface area contributed by atoms with Crippen LogP contribution < -0.4 is 18.9 Å². The van der Waals surface area contributed by atoms with Crippen molar-refractivity contribution >= 4 is 25.3 Å². The first-order valence-corrected chi connectivity index (χ1v) is 16.9. The first-order chi connectivity index (χ1) is 23.0. The fourth-order valence-corrected chi connectivity index (χ4v) is 6.70. The summed E-state index contributed by atoms with van der Waals surface area (Å²) in [5, 5.41) is 0. The summed E-state index contributed by atoms with van der Waals surface area (Å²) in [5.41, 5.74) is 8.80. The highest BCUT2D eigenvalue weighted by Crippen LogP contribution is 2.35. The summed E-state index contributed by atoms with van der Waals surface area (Å²) in [6.45, 7) is 3.74. The van der Waals surface area contributed by atoms with E-state index in [2.05, 4.69) is 60.7 Å². The van der Waals surface area contributed by atoms with Gasteiger partial charge in [-0.05, 0) is 119 Å². The summed E-state index contributed by atoms with van der Waals surface area (Å²) in [4.78, 5) is 1.90. The van der Waals surface area contributed by atoms with E-state index < -0.39 is 0 Å². The molecular weight excluding hydrogens is 633 g/mol. The third-order valence-electron chi connectivity index (χ3n) is 8.32. The Kier molecular flexibility index (Phi) is 11.5. The Morgan fingerprint density at radius 3 is 1.02 bits per heavy atom. The average Bonchev–Trinajstić information content (AvgIpc) is 3.06. The van der Waals surface area contributed by atoms with Gasteiger partial charge in [0.2, 0.25) is 0 Å². The van der Waals surface area contributed by atoms with Crippen molar-refractivity contribution < 1.29 is 33.2 Å². The van der Waals surface area contributed by atoms with Crippen LogP contribution in [0.4, 0.5) is 0 Å². The van der Waals surface area contributed by atoms with Crippen molar-refractivity contribution in [2.24, 2.45) is 0 Å². The highest BCUT2D eigenvalue weighted by molar-refractivity contribution is 7.80. The lowest BCUT2D eigenvalue weighted by atomic mass is 9.93. The molecule has 10 bridgehead atoms. The molecule has 0 fully saturated rings. The molecule has 0 spiro atoms. The number of thiol groups is 2. The predicted octanol–water partition coefficient (Wildman–Crippen LogP) is 6.78. The molecule has 0 N–H and O–H groups in total. The van der Waals surface area contributed by atoms with E-state index in [1.807, 2.05) is 0 Å². The van der Waals surface area contributed by atoms with E-state index in [1.165, 1.54) is 0 Å². The molecule has 1 heterocycles. The van der Waals surface area contributed by atoms with Gasteiger partial charge in [-0.1, -0.05) is 12.1 Å². The van der Waals surface area contributed by atoms with Crippen LogP contribution in [0.5, 0.6) is 23.0 Å². The SMILES string of the molecule is COc1cc2c(S)c(c1)Cc1cc3cc(c1)OCCOCCOCCOCCOc1cc(cc(c1)Cc1cc(OC)cc(c1S)C3)C2. The number of methoxy groups -OCH3 is 2. The molecule has 47 heavy (non-hydrogen) atoms. The van der Waals surface area contributed by atoms with Crippen LogP contribution in [-0.4, -0.2) is 67.1 Å². The molecular formula is C38H42O7S2. The van der Waals surface area contributed by atoms with Crippen molar-refractivity contribution in [2.75, 3.05) is 67.1 Å². The standard InChI is InChI=1S/C38H42O7S2/c1-39-33-21-29-13-25-11-27-15-31-23-34(40-2)24-32(38(31)47)16-28-12-26(14-30(22-33)37(29)46)18-36(20-28)45-10-8-43-6-4-41-3-5-42-7-9-44-35(17-25)19-27/h11-12,17-24,46-47H,3-10,13-16H2,1-2H3. The van der Waals surface area contributed by atoms with Crippen molar-refractivity contribution in [3.05, 3.63) is 105 Å². The second kappa shape index (κ2) is 16.2. The van der Waals surface area contributed by atoms with E-state index in [-0.39, 0.29) is 0 Å². The molecule has 4 aromatic carbocycles. The van der Waals surface area contributed by atoms with E-state index in [0.29, 0.717) is 78.5 Å². The maximum Gasteiger partial charge on any atom is 0.119 e. The molecule has 0 saturated heterocycles. The summed E-state index contributed by atoms with van der Waals surface area (Å²) < 4.78 is 41.2. The van der Waals surface area contributed by atoms with Crippen LogP contribution in [-0.2, 0) is 39.9 Å². The smallest absolute Gasteiger partial charge is 0.119 e. The minimum Gasteiger partial charge on any atom is -0.497 e. The minimum atomic E-state index is 0.425. The largest absolute Gasteiger partial charge is 0.497 e. The Bertz CT molecular complexity index is 1480. The fraction of sp³-hybridized carbons (Fsp3) is 0.368. The first-order valence-electron chi connectivity index (χ1n) is 16.0. The Labute approximate surface area is 288 Å². The molecule has 0 radical (unpaired) electrons. The summed E-state index contributed by atoms with van der Waals surface area (Å²) in [6, 6.07) is 21.2. The number of hydrogen-bond donors (Lipinski definition) is 2. The maximum absolute atomic E-state index is 6.25. The molecule has 0 atom stereocenters. The van der Waals surface area contributed by atoms with Crippen molar-refractivity contribution in [1.29, 1.82) is 0 Å². The van der Waals surface area contributed by atoms with Gasteiger partial charge in [0, 0.05) is 9.79 Å². The van der Waals surface area contributed by atoms with Crippen molar-refractivity contribution in [1.82, 2.24) is 0 Å². The van der Waals surface area contributed by atoms with Crippen LogP contribution >= 0.6 is 25.3 Å². The lowest BCUT2D eigenvalue weighted by Gasteiger charge is -2.19. The van der Waals surface area contributed by atoms with Gasteiger partial charge in [-0.25, -0.2) is 0 Å². The van der Waals surface area contributed by atoms with E-state index in [9.17, 15) is 0 Å².